The first-order valence-corrected chi connectivity index (χ1v) is 10.3. The topological polar surface area (TPSA) is 91.8 Å². The number of thioether (sulfide) groups is 1. The molecule has 0 bridgehead atoms. The van der Waals surface area contributed by atoms with E-state index >= 15 is 0 Å². The summed E-state index contributed by atoms with van der Waals surface area (Å²) in [6.45, 7) is 0. The molecule has 1 aromatic heterocycles. The first-order valence-electron chi connectivity index (χ1n) is 9.28. The average Bonchev–Trinajstić information content (AvgIpc) is 2.82. The van der Waals surface area contributed by atoms with E-state index in [1.807, 2.05) is 30.3 Å². The Balaban J connectivity index is 1.64. The summed E-state index contributed by atoms with van der Waals surface area (Å²) in [5.41, 5.74) is 1.99. The number of carbonyl (C=O) groups excluding carboxylic acids is 1. The van der Waals surface area contributed by atoms with Crippen LogP contribution in [0.4, 0.5) is 5.69 Å². The van der Waals surface area contributed by atoms with Gasteiger partial charge in [-0.3, -0.25) is 4.79 Å². The fourth-order valence-corrected chi connectivity index (χ4v) is 3.40. The molecule has 0 spiro atoms. The fraction of sp³-hybridized carbons (Fsp3) is 0.227. The Morgan fingerprint density at radius 2 is 1.55 bits per heavy atom. The van der Waals surface area contributed by atoms with E-state index in [1.165, 1.54) is 18.9 Å². The molecule has 0 fully saturated rings. The van der Waals surface area contributed by atoms with Gasteiger partial charge >= 0.3 is 0 Å². The number of amides is 1. The summed E-state index contributed by atoms with van der Waals surface area (Å²) in [7, 11) is 6.30. The predicted molar refractivity (Wildman–Crippen MR) is 119 cm³/mol. The number of hydrogen-bond acceptors (Lipinski definition) is 8. The molecule has 0 unspecified atom stereocenters. The van der Waals surface area contributed by atoms with E-state index in [0.29, 0.717) is 39.4 Å². The van der Waals surface area contributed by atoms with Crippen LogP contribution >= 0.6 is 11.8 Å². The molecule has 162 valence electrons. The Kier molecular flexibility index (Phi) is 7.55. The van der Waals surface area contributed by atoms with Gasteiger partial charge in [0.2, 0.25) is 5.91 Å². The molecule has 1 N–H and O–H groups in total. The summed E-state index contributed by atoms with van der Waals surface area (Å²) in [6.07, 6.45) is 0. The first-order chi connectivity index (χ1) is 15.1. The third kappa shape index (κ3) is 5.58. The van der Waals surface area contributed by atoms with Crippen LogP contribution in [0.5, 0.6) is 23.0 Å². The van der Waals surface area contributed by atoms with Crippen LogP contribution in [0.2, 0.25) is 0 Å². The zero-order valence-corrected chi connectivity index (χ0v) is 18.5. The van der Waals surface area contributed by atoms with Gasteiger partial charge in [0, 0.05) is 11.6 Å². The van der Waals surface area contributed by atoms with Crippen molar-refractivity contribution in [3.63, 3.8) is 0 Å². The molecule has 0 atom stereocenters. The van der Waals surface area contributed by atoms with E-state index < -0.39 is 0 Å². The van der Waals surface area contributed by atoms with Crippen LogP contribution in [0.15, 0.2) is 53.6 Å². The largest absolute Gasteiger partial charge is 0.497 e. The van der Waals surface area contributed by atoms with Gasteiger partial charge in [0.15, 0.2) is 0 Å². The zero-order chi connectivity index (χ0) is 22.2. The number of rotatable bonds is 9. The number of aromatic nitrogens is 2. The van der Waals surface area contributed by atoms with Crippen molar-refractivity contribution in [2.45, 2.75) is 5.03 Å². The van der Waals surface area contributed by atoms with Crippen LogP contribution < -0.4 is 24.3 Å². The molecule has 0 saturated carbocycles. The molecule has 3 rings (SSSR count). The summed E-state index contributed by atoms with van der Waals surface area (Å²) >= 11 is 1.28. The third-order valence-electron chi connectivity index (χ3n) is 4.36. The summed E-state index contributed by atoms with van der Waals surface area (Å²) < 4.78 is 21.1. The van der Waals surface area contributed by atoms with Gasteiger partial charge in [-0.15, -0.1) is 10.2 Å². The molecule has 1 heterocycles. The van der Waals surface area contributed by atoms with E-state index in [1.54, 1.807) is 39.5 Å². The van der Waals surface area contributed by atoms with Gasteiger partial charge < -0.3 is 24.3 Å². The van der Waals surface area contributed by atoms with Gasteiger partial charge in [-0.1, -0.05) is 11.8 Å². The Morgan fingerprint density at radius 1 is 0.839 bits per heavy atom. The van der Waals surface area contributed by atoms with Crippen molar-refractivity contribution in [3.05, 3.63) is 48.5 Å². The first kappa shape index (κ1) is 22.2. The fourth-order valence-electron chi connectivity index (χ4n) is 2.78. The lowest BCUT2D eigenvalue weighted by Gasteiger charge is -2.11. The molecule has 9 heteroatoms. The molecule has 1 amide bonds. The second-order valence-electron chi connectivity index (χ2n) is 6.23. The van der Waals surface area contributed by atoms with Crippen LogP contribution in [0, 0.1) is 0 Å². The standard InChI is InChI=1S/C22H23N3O5S/c1-27-14-6-9-19(29-3)16(11-14)17-8-10-22(25-24-17)31-13-21(26)23-18-7-5-15(28-2)12-20(18)30-4/h5-12H,13H2,1-4H3,(H,23,26). The number of carbonyl (C=O) groups is 1. The van der Waals surface area contributed by atoms with Gasteiger partial charge in [-0.05, 0) is 42.5 Å². The van der Waals surface area contributed by atoms with Gasteiger partial charge in [0.1, 0.15) is 28.0 Å². The normalized spacial score (nSPS) is 10.3. The highest BCUT2D eigenvalue weighted by Crippen LogP contribution is 2.33. The lowest BCUT2D eigenvalue weighted by molar-refractivity contribution is -0.113. The van der Waals surface area contributed by atoms with Crippen LogP contribution in [-0.4, -0.2) is 50.3 Å². The van der Waals surface area contributed by atoms with Crippen molar-refractivity contribution in [2.24, 2.45) is 0 Å². The van der Waals surface area contributed by atoms with Crippen molar-refractivity contribution >= 4 is 23.4 Å². The molecule has 0 aliphatic rings. The Labute approximate surface area is 184 Å². The monoisotopic (exact) mass is 441 g/mol. The van der Waals surface area contributed by atoms with Crippen molar-refractivity contribution in [2.75, 3.05) is 39.5 Å². The van der Waals surface area contributed by atoms with E-state index in [0.717, 1.165) is 5.56 Å². The predicted octanol–water partition coefficient (Wildman–Crippen LogP) is 3.91. The van der Waals surface area contributed by atoms with Crippen molar-refractivity contribution in [1.29, 1.82) is 0 Å². The summed E-state index contributed by atoms with van der Waals surface area (Å²) in [4.78, 5) is 12.4. The Hall–Kier alpha value is -3.46. The van der Waals surface area contributed by atoms with E-state index in [-0.39, 0.29) is 11.7 Å². The van der Waals surface area contributed by atoms with Crippen molar-refractivity contribution in [1.82, 2.24) is 10.2 Å². The second-order valence-corrected chi connectivity index (χ2v) is 7.22. The van der Waals surface area contributed by atoms with Crippen LogP contribution in [0.25, 0.3) is 11.3 Å². The van der Waals surface area contributed by atoms with E-state index in [4.69, 9.17) is 18.9 Å². The molecule has 0 saturated heterocycles. The van der Waals surface area contributed by atoms with Gasteiger partial charge in [0.25, 0.3) is 0 Å². The van der Waals surface area contributed by atoms with Gasteiger partial charge in [-0.2, -0.15) is 0 Å². The molecule has 8 nitrogen and oxygen atoms in total. The van der Waals surface area contributed by atoms with Crippen LogP contribution in [0.3, 0.4) is 0 Å². The van der Waals surface area contributed by atoms with Crippen LogP contribution in [-0.2, 0) is 4.79 Å². The van der Waals surface area contributed by atoms with E-state index in [2.05, 4.69) is 15.5 Å². The highest BCUT2D eigenvalue weighted by molar-refractivity contribution is 7.99. The number of hydrogen-bond donors (Lipinski definition) is 1. The molecule has 0 aliphatic carbocycles. The number of anilines is 1. The Bertz CT molecular complexity index is 1040. The molecule has 2 aromatic carbocycles. The molecular weight excluding hydrogens is 418 g/mol. The lowest BCUT2D eigenvalue weighted by Crippen LogP contribution is -2.14. The second kappa shape index (κ2) is 10.5. The summed E-state index contributed by atoms with van der Waals surface area (Å²) in [5, 5.41) is 11.9. The summed E-state index contributed by atoms with van der Waals surface area (Å²) in [5.74, 6) is 2.52. The average molecular weight is 442 g/mol. The number of nitrogens with zero attached hydrogens (tertiary/aromatic N) is 2. The SMILES string of the molecule is COc1ccc(NC(=O)CSc2ccc(-c3cc(OC)ccc3OC)nn2)c(OC)c1. The molecule has 0 radical (unpaired) electrons. The highest BCUT2D eigenvalue weighted by Gasteiger charge is 2.12. The maximum Gasteiger partial charge on any atom is 0.234 e. The van der Waals surface area contributed by atoms with Gasteiger partial charge in [-0.25, -0.2) is 0 Å². The number of benzene rings is 2. The molecule has 3 aromatic rings. The molecular formula is C22H23N3O5S. The number of methoxy groups -OCH3 is 4. The zero-order valence-electron chi connectivity index (χ0n) is 17.7. The minimum Gasteiger partial charge on any atom is -0.497 e. The maximum atomic E-state index is 12.4. The summed E-state index contributed by atoms with van der Waals surface area (Å²) in [6, 6.07) is 14.3. The molecule has 0 aliphatic heterocycles. The minimum absolute atomic E-state index is 0.172. The van der Waals surface area contributed by atoms with Crippen molar-refractivity contribution in [3.8, 4) is 34.3 Å². The lowest BCUT2D eigenvalue weighted by atomic mass is 10.1. The third-order valence-corrected chi connectivity index (χ3v) is 5.28. The van der Waals surface area contributed by atoms with Crippen molar-refractivity contribution < 1.29 is 23.7 Å². The maximum absolute atomic E-state index is 12.4. The van der Waals surface area contributed by atoms with Gasteiger partial charge in [0.05, 0.1) is 45.6 Å². The van der Waals surface area contributed by atoms with Crippen LogP contribution in [0.1, 0.15) is 0 Å². The number of ether oxygens (including phenoxy) is 4. The van der Waals surface area contributed by atoms with E-state index in [9.17, 15) is 4.79 Å². The highest BCUT2D eigenvalue weighted by atomic mass is 32.2. The smallest absolute Gasteiger partial charge is 0.234 e. The minimum atomic E-state index is -0.186. The quantitative estimate of drug-likeness (QED) is 0.500. The number of nitrogens with one attached hydrogen (secondary N) is 1. The Morgan fingerprint density at radius 3 is 2.19 bits per heavy atom. The molecule has 31 heavy (non-hydrogen) atoms.